The Labute approximate surface area is 163 Å². The van der Waals surface area contributed by atoms with Gasteiger partial charge in [-0.3, -0.25) is 4.79 Å². The third-order valence-electron chi connectivity index (χ3n) is 6.07. The average molecular weight is 387 g/mol. The van der Waals surface area contributed by atoms with E-state index < -0.39 is 0 Å². The Morgan fingerprint density at radius 1 is 0.885 bits per heavy atom. The second kappa shape index (κ2) is 6.17. The number of rotatable bonds is 2. The molecule has 0 spiro atoms. The van der Waals surface area contributed by atoms with Gasteiger partial charge in [0.15, 0.2) is 0 Å². The lowest BCUT2D eigenvalue weighted by atomic mass is 9.86. The fraction of sp³-hybridized carbons (Fsp3) is 0.381. The Morgan fingerprint density at radius 3 is 2.46 bits per heavy atom. The summed E-state index contributed by atoms with van der Waals surface area (Å²) >= 11 is 12.9. The molecule has 0 aliphatic carbocycles. The van der Waals surface area contributed by atoms with Crippen LogP contribution in [0.4, 0.5) is 5.69 Å². The van der Waals surface area contributed by atoms with Crippen LogP contribution in [0.5, 0.6) is 0 Å². The van der Waals surface area contributed by atoms with Gasteiger partial charge in [0, 0.05) is 25.2 Å². The molecule has 0 N–H and O–H groups in total. The second-order valence-corrected chi connectivity index (χ2v) is 8.18. The zero-order valence-electron chi connectivity index (χ0n) is 14.4. The van der Waals surface area contributed by atoms with Crippen LogP contribution >= 0.6 is 23.2 Å². The predicted molar refractivity (Wildman–Crippen MR) is 105 cm³/mol. The van der Waals surface area contributed by atoms with Gasteiger partial charge in [0.05, 0.1) is 22.1 Å². The first-order valence-electron chi connectivity index (χ1n) is 9.27. The van der Waals surface area contributed by atoms with E-state index in [1.54, 1.807) is 0 Å². The molecular formula is C21H20Cl2N2O. The van der Waals surface area contributed by atoms with Crippen LogP contribution in [0, 0.1) is 0 Å². The molecule has 3 nitrogen and oxygen atoms in total. The van der Waals surface area contributed by atoms with Gasteiger partial charge in [0.25, 0.3) is 0 Å². The summed E-state index contributed by atoms with van der Waals surface area (Å²) in [6, 6.07) is 12.7. The highest BCUT2D eigenvalue weighted by atomic mass is 35.5. The molecule has 134 valence electrons. The number of amides is 1. The van der Waals surface area contributed by atoms with E-state index in [0.717, 1.165) is 37.9 Å². The molecular weight excluding hydrogens is 367 g/mol. The maximum absolute atomic E-state index is 12.5. The number of carbonyl (C=O) groups is 1. The van der Waals surface area contributed by atoms with Gasteiger partial charge in [-0.05, 0) is 42.0 Å². The average Bonchev–Trinajstić information content (AvgIpc) is 3.26. The van der Waals surface area contributed by atoms with Gasteiger partial charge in [0.1, 0.15) is 0 Å². The molecule has 0 radical (unpaired) electrons. The van der Waals surface area contributed by atoms with Crippen molar-refractivity contribution in [2.24, 2.45) is 0 Å². The molecule has 0 aromatic heterocycles. The van der Waals surface area contributed by atoms with Crippen molar-refractivity contribution in [3.8, 4) is 0 Å². The van der Waals surface area contributed by atoms with Crippen LogP contribution in [0.2, 0.25) is 10.0 Å². The van der Waals surface area contributed by atoms with E-state index in [2.05, 4.69) is 34.1 Å². The Balaban J connectivity index is 1.65. The van der Waals surface area contributed by atoms with Crippen LogP contribution in [0.25, 0.3) is 0 Å². The summed E-state index contributed by atoms with van der Waals surface area (Å²) in [6.45, 7) is 1.84. The molecule has 0 saturated carbocycles. The Hall–Kier alpha value is -1.71. The van der Waals surface area contributed by atoms with Crippen molar-refractivity contribution in [1.82, 2.24) is 4.90 Å². The highest BCUT2D eigenvalue weighted by Gasteiger charge is 2.42. The first kappa shape index (κ1) is 16.5. The zero-order valence-corrected chi connectivity index (χ0v) is 15.9. The van der Waals surface area contributed by atoms with Gasteiger partial charge >= 0.3 is 0 Å². The number of para-hydroxylation sites is 1. The Morgan fingerprint density at radius 2 is 1.65 bits per heavy atom. The minimum atomic E-state index is 0.120. The van der Waals surface area contributed by atoms with E-state index in [1.807, 2.05) is 12.1 Å². The van der Waals surface area contributed by atoms with Gasteiger partial charge < -0.3 is 9.80 Å². The standard InChI is InChI=1S/C21H20Cl2N2O/c22-16-7-2-5-14(20(16)23)17-12-18(24-10-3-8-19(24)26)15-6-1-4-13-9-11-25(17)21(13)15/h1-2,4-7,17-18H,3,8-12H2. The highest BCUT2D eigenvalue weighted by Crippen LogP contribution is 2.52. The fourth-order valence-electron chi connectivity index (χ4n) is 4.93. The molecule has 26 heavy (non-hydrogen) atoms. The van der Waals surface area contributed by atoms with Gasteiger partial charge in [0.2, 0.25) is 5.91 Å². The van der Waals surface area contributed by atoms with Crippen LogP contribution < -0.4 is 4.90 Å². The number of nitrogens with zero attached hydrogens (tertiary/aromatic N) is 2. The van der Waals surface area contributed by atoms with Crippen molar-refractivity contribution in [3.63, 3.8) is 0 Å². The summed E-state index contributed by atoms with van der Waals surface area (Å²) < 4.78 is 0. The number of likely N-dealkylation sites (tertiary alicyclic amines) is 1. The van der Waals surface area contributed by atoms with Gasteiger partial charge in [-0.1, -0.05) is 53.5 Å². The maximum Gasteiger partial charge on any atom is 0.223 e. The van der Waals surface area contributed by atoms with Crippen molar-refractivity contribution < 1.29 is 4.79 Å². The molecule has 5 rings (SSSR count). The molecule has 2 aromatic carbocycles. The molecule has 5 heteroatoms. The van der Waals surface area contributed by atoms with Crippen molar-refractivity contribution in [2.45, 2.75) is 37.8 Å². The molecule has 0 bridgehead atoms. The van der Waals surface area contributed by atoms with Crippen molar-refractivity contribution >= 4 is 34.8 Å². The topological polar surface area (TPSA) is 23.6 Å². The molecule has 1 saturated heterocycles. The molecule has 3 aliphatic heterocycles. The molecule has 2 aromatic rings. The third-order valence-corrected chi connectivity index (χ3v) is 6.90. The summed E-state index contributed by atoms with van der Waals surface area (Å²) in [5.41, 5.74) is 5.05. The number of anilines is 1. The number of halogens is 2. The zero-order chi connectivity index (χ0) is 17.8. The molecule has 3 heterocycles. The summed E-state index contributed by atoms with van der Waals surface area (Å²) in [5, 5.41) is 1.23. The monoisotopic (exact) mass is 386 g/mol. The van der Waals surface area contributed by atoms with Crippen molar-refractivity contribution in [2.75, 3.05) is 18.0 Å². The molecule has 3 aliphatic rings. The largest absolute Gasteiger partial charge is 0.363 e. The van der Waals surface area contributed by atoms with E-state index in [0.29, 0.717) is 16.5 Å². The Bertz CT molecular complexity index is 898. The third kappa shape index (κ3) is 2.37. The lowest BCUT2D eigenvalue weighted by Gasteiger charge is -2.43. The van der Waals surface area contributed by atoms with Gasteiger partial charge in [-0.15, -0.1) is 0 Å². The fourth-order valence-corrected chi connectivity index (χ4v) is 5.36. The minimum Gasteiger partial charge on any atom is -0.363 e. The van der Waals surface area contributed by atoms with Crippen LogP contribution in [0.1, 0.15) is 48.0 Å². The SMILES string of the molecule is O=C1CCCN1C1CC(c2cccc(Cl)c2Cl)N2CCc3cccc1c32. The number of hydrogen-bond donors (Lipinski definition) is 0. The lowest BCUT2D eigenvalue weighted by molar-refractivity contribution is -0.130. The van der Waals surface area contributed by atoms with Crippen LogP contribution in [0.15, 0.2) is 36.4 Å². The first-order valence-corrected chi connectivity index (χ1v) is 10.0. The first-order chi connectivity index (χ1) is 12.6. The van der Waals surface area contributed by atoms with Crippen molar-refractivity contribution in [1.29, 1.82) is 0 Å². The minimum absolute atomic E-state index is 0.120. The summed E-state index contributed by atoms with van der Waals surface area (Å²) in [6.07, 6.45) is 3.52. The number of benzene rings is 2. The highest BCUT2D eigenvalue weighted by molar-refractivity contribution is 6.42. The molecule has 2 atom stereocenters. The van der Waals surface area contributed by atoms with Gasteiger partial charge in [-0.2, -0.15) is 0 Å². The molecule has 1 fully saturated rings. The van der Waals surface area contributed by atoms with Crippen LogP contribution in [-0.4, -0.2) is 23.9 Å². The lowest BCUT2D eigenvalue weighted by Crippen LogP contribution is -2.39. The predicted octanol–water partition coefficient (Wildman–Crippen LogP) is 5.16. The smallest absolute Gasteiger partial charge is 0.223 e. The van der Waals surface area contributed by atoms with Crippen molar-refractivity contribution in [3.05, 3.63) is 63.1 Å². The maximum atomic E-state index is 12.5. The van der Waals surface area contributed by atoms with E-state index in [9.17, 15) is 4.79 Å². The summed E-state index contributed by atoms with van der Waals surface area (Å²) in [7, 11) is 0. The number of hydrogen-bond acceptors (Lipinski definition) is 2. The van der Waals surface area contributed by atoms with Crippen LogP contribution in [-0.2, 0) is 11.2 Å². The van der Waals surface area contributed by atoms with E-state index >= 15 is 0 Å². The van der Waals surface area contributed by atoms with E-state index in [4.69, 9.17) is 23.2 Å². The number of carbonyl (C=O) groups excluding carboxylic acids is 1. The van der Waals surface area contributed by atoms with E-state index in [1.165, 1.54) is 16.8 Å². The van der Waals surface area contributed by atoms with Crippen LogP contribution in [0.3, 0.4) is 0 Å². The normalized spacial score (nSPS) is 24.3. The second-order valence-electron chi connectivity index (χ2n) is 7.40. The van der Waals surface area contributed by atoms with E-state index in [-0.39, 0.29) is 18.0 Å². The molecule has 2 unspecified atom stereocenters. The Kier molecular flexibility index (Phi) is 3.91. The summed E-state index contributed by atoms with van der Waals surface area (Å²) in [5.74, 6) is 0.273. The summed E-state index contributed by atoms with van der Waals surface area (Å²) in [4.78, 5) is 17.0. The van der Waals surface area contributed by atoms with Gasteiger partial charge in [-0.25, -0.2) is 0 Å². The molecule has 1 amide bonds. The quantitative estimate of drug-likeness (QED) is 0.710.